The molecule has 1 aliphatic rings. The first-order valence-electron chi connectivity index (χ1n) is 5.09. The van der Waals surface area contributed by atoms with Crippen molar-refractivity contribution >= 4 is 9.53 Å². The minimum absolute atomic E-state index is 0.326. The van der Waals surface area contributed by atoms with Crippen molar-refractivity contribution in [3.63, 3.8) is 0 Å². The average molecular weight is 238 g/mol. The highest BCUT2D eigenvalue weighted by atomic mass is 28.3. The molecular weight excluding hydrogens is 216 g/mol. The average Bonchev–Trinajstić information content (AvgIpc) is 3.06. The smallest absolute Gasteiger partial charge is 0.396 e. The minimum Gasteiger partial charge on any atom is -0.396 e. The monoisotopic (exact) mass is 238 g/mol. The molecular formula is C9H22O5Si. The summed E-state index contributed by atoms with van der Waals surface area (Å²) in [6.45, 7) is 1.28. The molecule has 1 heterocycles. The maximum Gasteiger partial charge on any atom is 0.483 e. The van der Waals surface area contributed by atoms with Crippen molar-refractivity contribution in [2.75, 3.05) is 34.5 Å². The Hall–Kier alpha value is 0.0169. The topological polar surface area (TPSA) is 60.5 Å². The zero-order valence-electron chi connectivity index (χ0n) is 9.77. The molecule has 1 saturated heterocycles. The molecule has 1 aliphatic heterocycles. The second-order valence-corrected chi connectivity index (χ2v) is 5.16. The Balaban J connectivity index is 0.000000265. The van der Waals surface area contributed by atoms with Gasteiger partial charge in [-0.1, -0.05) is 0 Å². The van der Waals surface area contributed by atoms with Crippen molar-refractivity contribution < 1.29 is 23.1 Å². The molecule has 0 spiro atoms. The molecule has 0 aromatic carbocycles. The standard InChI is InChI=1S/C6H12O2.C3H10O3Si/c7-4-2-1-3-6-5-8-6;1-4-7(5-2)6-3/h6-7H,1-5H2;7H,1-3H3. The molecule has 0 aliphatic carbocycles. The molecule has 0 radical (unpaired) electrons. The van der Waals surface area contributed by atoms with Crippen LogP contribution in [0.3, 0.4) is 0 Å². The van der Waals surface area contributed by atoms with Crippen LogP contribution < -0.4 is 0 Å². The molecule has 5 nitrogen and oxygen atoms in total. The van der Waals surface area contributed by atoms with Crippen LogP contribution in [0.15, 0.2) is 0 Å². The Kier molecular flexibility index (Phi) is 10.5. The van der Waals surface area contributed by atoms with Crippen LogP contribution in [0, 0.1) is 0 Å². The second-order valence-electron chi connectivity index (χ2n) is 3.17. The van der Waals surface area contributed by atoms with Crippen LogP contribution in [0.4, 0.5) is 0 Å². The van der Waals surface area contributed by atoms with E-state index in [1.54, 1.807) is 21.3 Å². The molecule has 15 heavy (non-hydrogen) atoms. The summed E-state index contributed by atoms with van der Waals surface area (Å²) < 4.78 is 19.2. The summed E-state index contributed by atoms with van der Waals surface area (Å²) in [7, 11) is 3.05. The summed E-state index contributed by atoms with van der Waals surface area (Å²) in [6.07, 6.45) is 3.73. The summed E-state index contributed by atoms with van der Waals surface area (Å²) in [5, 5.41) is 8.36. The van der Waals surface area contributed by atoms with Gasteiger partial charge in [-0.25, -0.2) is 0 Å². The van der Waals surface area contributed by atoms with Gasteiger partial charge < -0.3 is 23.1 Å². The first kappa shape index (κ1) is 15.0. The van der Waals surface area contributed by atoms with Gasteiger partial charge in [0.2, 0.25) is 0 Å². The van der Waals surface area contributed by atoms with Crippen molar-refractivity contribution in [2.45, 2.75) is 25.4 Å². The highest BCUT2D eigenvalue weighted by Gasteiger charge is 2.20. The van der Waals surface area contributed by atoms with E-state index in [2.05, 4.69) is 0 Å². The minimum atomic E-state index is -1.67. The number of hydrogen-bond acceptors (Lipinski definition) is 5. The second kappa shape index (κ2) is 10.5. The van der Waals surface area contributed by atoms with Crippen LogP contribution >= 0.6 is 0 Å². The lowest BCUT2D eigenvalue weighted by Gasteiger charge is -2.05. The summed E-state index contributed by atoms with van der Waals surface area (Å²) >= 11 is 0. The molecule has 1 atom stereocenters. The van der Waals surface area contributed by atoms with Crippen LogP contribution in [-0.4, -0.2) is 55.3 Å². The summed E-state index contributed by atoms with van der Waals surface area (Å²) in [6, 6.07) is 0. The molecule has 0 aromatic heterocycles. The number of rotatable bonds is 7. The van der Waals surface area contributed by atoms with E-state index in [0.717, 1.165) is 25.9 Å². The third-order valence-electron chi connectivity index (χ3n) is 1.91. The van der Waals surface area contributed by atoms with Crippen molar-refractivity contribution in [3.8, 4) is 0 Å². The molecule has 0 aromatic rings. The number of epoxide rings is 1. The van der Waals surface area contributed by atoms with Gasteiger partial charge in [0.15, 0.2) is 0 Å². The first-order chi connectivity index (χ1) is 7.28. The summed E-state index contributed by atoms with van der Waals surface area (Å²) in [4.78, 5) is 0. The Bertz CT molecular complexity index is 122. The highest BCUT2D eigenvalue weighted by Crippen LogP contribution is 2.15. The fourth-order valence-corrected chi connectivity index (χ4v) is 1.58. The molecule has 0 saturated carbocycles. The van der Waals surface area contributed by atoms with Gasteiger partial charge in [0.25, 0.3) is 0 Å². The van der Waals surface area contributed by atoms with Gasteiger partial charge in [0, 0.05) is 27.9 Å². The normalized spacial score (nSPS) is 18.6. The highest BCUT2D eigenvalue weighted by molar-refractivity contribution is 6.36. The maximum absolute atomic E-state index is 8.36. The van der Waals surface area contributed by atoms with E-state index in [0.29, 0.717) is 12.7 Å². The lowest BCUT2D eigenvalue weighted by Crippen LogP contribution is -2.21. The molecule has 1 unspecified atom stereocenters. The van der Waals surface area contributed by atoms with Crippen molar-refractivity contribution in [1.82, 2.24) is 0 Å². The van der Waals surface area contributed by atoms with Gasteiger partial charge in [-0.15, -0.1) is 0 Å². The molecule has 1 N–H and O–H groups in total. The maximum atomic E-state index is 8.36. The largest absolute Gasteiger partial charge is 0.483 e. The third kappa shape index (κ3) is 10.3. The fraction of sp³-hybridized carbons (Fsp3) is 1.00. The molecule has 1 fully saturated rings. The quantitative estimate of drug-likeness (QED) is 0.390. The number of unbranched alkanes of at least 4 members (excludes halogenated alkanes) is 1. The molecule has 6 heteroatoms. The Labute approximate surface area is 93.3 Å². The zero-order valence-corrected chi connectivity index (χ0v) is 10.9. The third-order valence-corrected chi connectivity index (χ3v) is 3.07. The van der Waals surface area contributed by atoms with Gasteiger partial charge in [0.1, 0.15) is 0 Å². The van der Waals surface area contributed by atoms with Crippen molar-refractivity contribution in [1.29, 1.82) is 0 Å². The number of aliphatic hydroxyl groups is 1. The Morgan fingerprint density at radius 2 is 1.73 bits per heavy atom. The van der Waals surface area contributed by atoms with Gasteiger partial charge in [-0.3, -0.25) is 0 Å². The molecule has 0 bridgehead atoms. The van der Waals surface area contributed by atoms with Crippen molar-refractivity contribution in [3.05, 3.63) is 0 Å². The number of ether oxygens (including phenoxy) is 1. The lowest BCUT2D eigenvalue weighted by molar-refractivity contribution is 0.163. The van der Waals surface area contributed by atoms with Crippen molar-refractivity contribution in [2.24, 2.45) is 0 Å². The van der Waals surface area contributed by atoms with E-state index in [9.17, 15) is 0 Å². The van der Waals surface area contributed by atoms with E-state index < -0.39 is 9.53 Å². The predicted molar refractivity (Wildman–Crippen MR) is 58.9 cm³/mol. The molecule has 1 rings (SSSR count). The number of aliphatic hydroxyl groups excluding tert-OH is 1. The van der Waals surface area contributed by atoms with E-state index in [4.69, 9.17) is 23.1 Å². The van der Waals surface area contributed by atoms with Crippen LogP contribution in [0.1, 0.15) is 19.3 Å². The number of hydrogen-bond donors (Lipinski definition) is 1. The van der Waals surface area contributed by atoms with E-state index in [-0.39, 0.29) is 0 Å². The van der Waals surface area contributed by atoms with Gasteiger partial charge in [-0.05, 0) is 19.3 Å². The SMILES string of the molecule is CO[SiH](OC)OC.OCCCCC1CO1. The first-order valence-corrected chi connectivity index (χ1v) is 6.50. The van der Waals surface area contributed by atoms with E-state index in [1.165, 1.54) is 0 Å². The van der Waals surface area contributed by atoms with E-state index >= 15 is 0 Å². The zero-order chi connectivity index (χ0) is 11.5. The van der Waals surface area contributed by atoms with Crippen LogP contribution in [0.5, 0.6) is 0 Å². The lowest BCUT2D eigenvalue weighted by atomic mass is 10.2. The van der Waals surface area contributed by atoms with Gasteiger partial charge in [-0.2, -0.15) is 0 Å². The molecule has 0 amide bonds. The van der Waals surface area contributed by atoms with Gasteiger partial charge >= 0.3 is 9.53 Å². The van der Waals surface area contributed by atoms with Gasteiger partial charge in [0.05, 0.1) is 12.7 Å². The van der Waals surface area contributed by atoms with Crippen LogP contribution in [-0.2, 0) is 18.0 Å². The van der Waals surface area contributed by atoms with E-state index in [1.807, 2.05) is 0 Å². The van der Waals surface area contributed by atoms with Crippen LogP contribution in [0.25, 0.3) is 0 Å². The van der Waals surface area contributed by atoms with Crippen LogP contribution in [0.2, 0.25) is 0 Å². The Morgan fingerprint density at radius 3 is 2.00 bits per heavy atom. The summed E-state index contributed by atoms with van der Waals surface area (Å²) in [5.74, 6) is 0. The summed E-state index contributed by atoms with van der Waals surface area (Å²) in [5.41, 5.74) is 0. The molecule has 92 valence electrons. The predicted octanol–water partition coefficient (Wildman–Crippen LogP) is 0.191. The fourth-order valence-electron chi connectivity index (χ4n) is 1.01. The Morgan fingerprint density at radius 1 is 1.20 bits per heavy atom.